The third-order valence-corrected chi connectivity index (χ3v) is 9.44. The Morgan fingerprint density at radius 2 is 0.702 bits per heavy atom. The predicted octanol–water partition coefficient (Wildman–Crippen LogP) is 13.1. The van der Waals surface area contributed by atoms with Gasteiger partial charge in [-0.05, 0) is 108 Å². The molecule has 0 bridgehead atoms. The molecule has 9 rings (SSSR count). The van der Waals surface area contributed by atoms with Gasteiger partial charge in [-0.1, -0.05) is 146 Å². The summed E-state index contributed by atoms with van der Waals surface area (Å²) in [5.74, 6) is 0. The minimum absolute atomic E-state index is 1.12. The van der Waals surface area contributed by atoms with Crippen LogP contribution in [0.3, 0.4) is 0 Å². The van der Waals surface area contributed by atoms with E-state index in [0.29, 0.717) is 0 Å². The quantitative estimate of drug-likeness (QED) is 0.178. The maximum atomic E-state index is 2.36. The van der Waals surface area contributed by atoms with Crippen molar-refractivity contribution in [2.75, 3.05) is 4.90 Å². The van der Waals surface area contributed by atoms with Crippen LogP contribution in [-0.4, -0.2) is 0 Å². The van der Waals surface area contributed by atoms with Gasteiger partial charge in [0.15, 0.2) is 0 Å². The van der Waals surface area contributed by atoms with Crippen LogP contribution in [0.25, 0.3) is 65.3 Å². The lowest BCUT2D eigenvalue weighted by atomic mass is 9.92. The highest BCUT2D eigenvalue weighted by atomic mass is 15.1. The lowest BCUT2D eigenvalue weighted by Gasteiger charge is -2.26. The molecule has 0 saturated heterocycles. The summed E-state index contributed by atoms with van der Waals surface area (Å²) in [5, 5.41) is 10.3. The first-order valence-corrected chi connectivity index (χ1v) is 16.2. The molecule has 220 valence electrons. The normalized spacial score (nSPS) is 11.4. The summed E-state index contributed by atoms with van der Waals surface area (Å²) in [6.45, 7) is 0. The zero-order chi connectivity index (χ0) is 31.2. The summed E-state index contributed by atoms with van der Waals surface area (Å²) in [5.41, 5.74) is 8.25. The standard InChI is InChI=1S/C46H31N/c1-2-13-36(14-3-1)47(38-28-23-34(24-29-38)40-20-10-12-33-11-4-5-15-39(33)40)37-26-21-32(22-27-37)35-25-30-45-43-18-7-6-16-41(43)42-17-8-9-19-44(42)46(45)31-35/h1-31H. The summed E-state index contributed by atoms with van der Waals surface area (Å²) < 4.78 is 0. The third-order valence-electron chi connectivity index (χ3n) is 9.44. The second-order valence-electron chi connectivity index (χ2n) is 12.1. The van der Waals surface area contributed by atoms with Gasteiger partial charge in [-0.25, -0.2) is 0 Å². The number of anilines is 3. The summed E-state index contributed by atoms with van der Waals surface area (Å²) in [7, 11) is 0. The van der Waals surface area contributed by atoms with E-state index >= 15 is 0 Å². The zero-order valence-electron chi connectivity index (χ0n) is 25.8. The van der Waals surface area contributed by atoms with Crippen LogP contribution in [0.5, 0.6) is 0 Å². The van der Waals surface area contributed by atoms with Gasteiger partial charge in [-0.2, -0.15) is 0 Å². The molecule has 0 atom stereocenters. The summed E-state index contributed by atoms with van der Waals surface area (Å²) in [4.78, 5) is 2.33. The molecular weight excluding hydrogens is 567 g/mol. The van der Waals surface area contributed by atoms with Crippen molar-refractivity contribution in [1.29, 1.82) is 0 Å². The van der Waals surface area contributed by atoms with Crippen LogP contribution in [-0.2, 0) is 0 Å². The summed E-state index contributed by atoms with van der Waals surface area (Å²) >= 11 is 0. The molecule has 1 heteroatoms. The second kappa shape index (κ2) is 11.3. The number of hydrogen-bond acceptors (Lipinski definition) is 1. The molecule has 0 fully saturated rings. The van der Waals surface area contributed by atoms with Gasteiger partial charge in [-0.3, -0.25) is 0 Å². The fraction of sp³-hybridized carbons (Fsp3) is 0. The molecule has 0 aliphatic rings. The first kappa shape index (κ1) is 27.2. The molecule has 0 spiro atoms. The largest absolute Gasteiger partial charge is 0.311 e. The van der Waals surface area contributed by atoms with E-state index in [9.17, 15) is 0 Å². The third kappa shape index (κ3) is 4.72. The SMILES string of the molecule is c1ccc(N(c2ccc(-c3ccc4c5ccccc5c5ccccc5c4c3)cc2)c2ccc(-c3cccc4ccccc34)cc2)cc1. The predicted molar refractivity (Wildman–Crippen MR) is 202 cm³/mol. The first-order valence-electron chi connectivity index (χ1n) is 16.2. The summed E-state index contributed by atoms with van der Waals surface area (Å²) in [6, 6.07) is 68.1. The maximum Gasteiger partial charge on any atom is 0.0462 e. The maximum absolute atomic E-state index is 2.36. The van der Waals surface area contributed by atoms with Crippen LogP contribution in [0.2, 0.25) is 0 Å². The zero-order valence-corrected chi connectivity index (χ0v) is 25.8. The smallest absolute Gasteiger partial charge is 0.0462 e. The van der Waals surface area contributed by atoms with Gasteiger partial charge in [0.2, 0.25) is 0 Å². The Morgan fingerprint density at radius 3 is 1.34 bits per heavy atom. The van der Waals surface area contributed by atoms with Crippen molar-refractivity contribution in [3.8, 4) is 22.3 Å². The van der Waals surface area contributed by atoms with Crippen LogP contribution in [0, 0.1) is 0 Å². The molecule has 9 aromatic rings. The lowest BCUT2D eigenvalue weighted by molar-refractivity contribution is 1.28. The molecule has 9 aromatic carbocycles. The highest BCUT2D eigenvalue weighted by Gasteiger charge is 2.14. The van der Waals surface area contributed by atoms with Gasteiger partial charge in [0.05, 0.1) is 0 Å². The Bertz CT molecular complexity index is 2510. The number of hydrogen-bond donors (Lipinski definition) is 0. The Kier molecular flexibility index (Phi) is 6.54. The van der Waals surface area contributed by atoms with Gasteiger partial charge in [-0.15, -0.1) is 0 Å². The van der Waals surface area contributed by atoms with Crippen LogP contribution < -0.4 is 4.90 Å². The second-order valence-corrected chi connectivity index (χ2v) is 12.1. The number of fused-ring (bicyclic) bond motifs is 7. The molecule has 0 aromatic heterocycles. The Hall–Kier alpha value is -6.18. The Morgan fingerprint density at radius 1 is 0.255 bits per heavy atom. The van der Waals surface area contributed by atoms with Crippen LogP contribution >= 0.6 is 0 Å². The van der Waals surface area contributed by atoms with Crippen molar-refractivity contribution in [2.45, 2.75) is 0 Å². The van der Waals surface area contributed by atoms with Crippen molar-refractivity contribution >= 4 is 60.2 Å². The lowest BCUT2D eigenvalue weighted by Crippen LogP contribution is -2.09. The number of nitrogens with zero attached hydrogens (tertiary/aromatic N) is 1. The van der Waals surface area contributed by atoms with E-state index in [1.807, 2.05) is 0 Å². The number of rotatable bonds is 5. The highest BCUT2D eigenvalue weighted by Crippen LogP contribution is 2.40. The van der Waals surface area contributed by atoms with Crippen molar-refractivity contribution < 1.29 is 0 Å². The van der Waals surface area contributed by atoms with Gasteiger partial charge < -0.3 is 4.90 Å². The van der Waals surface area contributed by atoms with E-state index in [1.165, 1.54) is 65.3 Å². The molecule has 0 amide bonds. The molecule has 0 unspecified atom stereocenters. The van der Waals surface area contributed by atoms with E-state index in [-0.39, 0.29) is 0 Å². The van der Waals surface area contributed by atoms with Crippen LogP contribution in [0.1, 0.15) is 0 Å². The summed E-state index contributed by atoms with van der Waals surface area (Å²) in [6.07, 6.45) is 0. The van der Waals surface area contributed by atoms with Gasteiger partial charge >= 0.3 is 0 Å². The van der Waals surface area contributed by atoms with E-state index in [0.717, 1.165) is 17.1 Å². The molecule has 0 N–H and O–H groups in total. The Labute approximate surface area is 274 Å². The van der Waals surface area contributed by atoms with Gasteiger partial charge in [0.25, 0.3) is 0 Å². The molecule has 0 saturated carbocycles. The van der Waals surface area contributed by atoms with Gasteiger partial charge in [0, 0.05) is 17.1 Å². The average Bonchev–Trinajstić information content (AvgIpc) is 3.16. The first-order chi connectivity index (χ1) is 23.3. The topological polar surface area (TPSA) is 3.24 Å². The number of para-hydroxylation sites is 1. The fourth-order valence-electron chi connectivity index (χ4n) is 7.18. The molecule has 0 aliphatic heterocycles. The molecule has 0 radical (unpaired) electrons. The fourth-order valence-corrected chi connectivity index (χ4v) is 7.18. The van der Waals surface area contributed by atoms with E-state index in [4.69, 9.17) is 0 Å². The van der Waals surface area contributed by atoms with Crippen molar-refractivity contribution in [3.63, 3.8) is 0 Å². The minimum atomic E-state index is 1.12. The molecule has 0 aliphatic carbocycles. The minimum Gasteiger partial charge on any atom is -0.311 e. The molecule has 47 heavy (non-hydrogen) atoms. The van der Waals surface area contributed by atoms with Crippen LogP contribution in [0.15, 0.2) is 188 Å². The van der Waals surface area contributed by atoms with E-state index < -0.39 is 0 Å². The van der Waals surface area contributed by atoms with E-state index in [1.54, 1.807) is 0 Å². The van der Waals surface area contributed by atoms with Crippen molar-refractivity contribution in [3.05, 3.63) is 188 Å². The average molecular weight is 598 g/mol. The van der Waals surface area contributed by atoms with Crippen LogP contribution in [0.4, 0.5) is 17.1 Å². The monoisotopic (exact) mass is 597 g/mol. The molecular formula is C46H31N. The number of benzene rings is 9. The highest BCUT2D eigenvalue weighted by molar-refractivity contribution is 6.25. The molecule has 0 heterocycles. The van der Waals surface area contributed by atoms with Crippen molar-refractivity contribution in [1.82, 2.24) is 0 Å². The van der Waals surface area contributed by atoms with E-state index in [2.05, 4.69) is 193 Å². The Balaban J connectivity index is 1.11. The van der Waals surface area contributed by atoms with Crippen molar-refractivity contribution in [2.24, 2.45) is 0 Å². The van der Waals surface area contributed by atoms with Gasteiger partial charge in [0.1, 0.15) is 0 Å². The molecule has 1 nitrogen and oxygen atoms in total.